The van der Waals surface area contributed by atoms with E-state index in [-0.39, 0.29) is 23.7 Å². The Bertz CT molecular complexity index is 1560. The molecule has 0 fully saturated rings. The Hall–Kier alpha value is -5.33. The molecule has 3 aromatic heterocycles. The van der Waals surface area contributed by atoms with Crippen molar-refractivity contribution in [1.82, 2.24) is 25.3 Å². The van der Waals surface area contributed by atoms with Crippen LogP contribution < -0.4 is 11.2 Å². The van der Waals surface area contributed by atoms with Gasteiger partial charge in [0.15, 0.2) is 17.3 Å². The van der Waals surface area contributed by atoms with Crippen molar-refractivity contribution in [3.63, 3.8) is 0 Å². The second-order valence-electron chi connectivity index (χ2n) is 7.31. The van der Waals surface area contributed by atoms with Gasteiger partial charge in [0.1, 0.15) is 18.1 Å². The first-order valence-electron chi connectivity index (χ1n) is 10.2. The summed E-state index contributed by atoms with van der Waals surface area (Å²) < 4.78 is 12.0. The number of imidazole rings is 1. The minimum atomic E-state index is -0.472. The largest absolute Gasteiger partial charge is 0.455 e. The minimum Gasteiger partial charge on any atom is -0.455 e. The summed E-state index contributed by atoms with van der Waals surface area (Å²) in [5, 5.41) is 22.1. The molecule has 0 aliphatic carbocycles. The van der Waals surface area contributed by atoms with Crippen molar-refractivity contribution in [3.05, 3.63) is 76.5 Å². The second kappa shape index (κ2) is 8.90. The summed E-state index contributed by atoms with van der Waals surface area (Å²) in [4.78, 5) is 27.4. The molecule has 0 saturated carbocycles. The number of hydrogen-bond donors (Lipinski definition) is 2. The van der Waals surface area contributed by atoms with Crippen LogP contribution in [0.4, 0.5) is 11.5 Å². The van der Waals surface area contributed by atoms with Crippen LogP contribution in [0, 0.1) is 10.1 Å². The minimum absolute atomic E-state index is 0.0128. The molecule has 0 aliphatic heterocycles. The SMILES string of the molecule is Nc1nonc1-c1nc2ccccc2n1CC(=O)N/N=C\c1ccc(-c2ccc([N+](=O)[O-])cc2)o1. The molecule has 13 nitrogen and oxygen atoms in total. The molecule has 0 aliphatic rings. The first-order valence-corrected chi connectivity index (χ1v) is 10.2. The van der Waals surface area contributed by atoms with Crippen molar-refractivity contribution in [2.75, 3.05) is 5.73 Å². The Morgan fingerprint density at radius 3 is 2.69 bits per heavy atom. The third kappa shape index (κ3) is 4.32. The van der Waals surface area contributed by atoms with Crippen molar-refractivity contribution >= 4 is 34.7 Å². The standard InChI is InChI=1S/C22H16N8O5/c23-21-20(27-35-28-21)22-25-16-3-1-2-4-17(16)29(22)12-19(31)26-24-11-15-9-10-18(34-15)13-5-7-14(8-6-13)30(32)33/h1-11H,12H2,(H2,23,28)(H,26,31)/b24-11-. The molecule has 0 spiro atoms. The van der Waals surface area contributed by atoms with Gasteiger partial charge in [0.2, 0.25) is 0 Å². The quantitative estimate of drug-likeness (QED) is 0.204. The number of nitrogen functional groups attached to an aromatic ring is 1. The van der Waals surface area contributed by atoms with Crippen LogP contribution in [-0.2, 0) is 11.3 Å². The normalized spacial score (nSPS) is 11.3. The molecule has 3 N–H and O–H groups in total. The second-order valence-corrected chi connectivity index (χ2v) is 7.31. The predicted octanol–water partition coefficient (Wildman–Crippen LogP) is 2.99. The number of nitro groups is 1. The van der Waals surface area contributed by atoms with E-state index < -0.39 is 10.8 Å². The Morgan fingerprint density at radius 1 is 1.14 bits per heavy atom. The molecular weight excluding hydrogens is 456 g/mol. The number of hydrogen-bond acceptors (Lipinski definition) is 10. The Balaban J connectivity index is 1.29. The van der Waals surface area contributed by atoms with E-state index >= 15 is 0 Å². The average Bonchev–Trinajstić information content (AvgIpc) is 3.58. The topological polar surface area (TPSA) is 180 Å². The predicted molar refractivity (Wildman–Crippen MR) is 124 cm³/mol. The van der Waals surface area contributed by atoms with E-state index in [0.29, 0.717) is 33.9 Å². The average molecular weight is 472 g/mol. The third-order valence-corrected chi connectivity index (χ3v) is 5.05. The molecule has 0 radical (unpaired) electrons. The lowest BCUT2D eigenvalue weighted by atomic mass is 10.1. The maximum absolute atomic E-state index is 12.6. The van der Waals surface area contributed by atoms with Crippen LogP contribution in [-0.4, -0.2) is 36.9 Å². The zero-order chi connectivity index (χ0) is 24.4. The summed E-state index contributed by atoms with van der Waals surface area (Å²) in [7, 11) is 0. The number of para-hydroxylation sites is 2. The molecule has 174 valence electrons. The van der Waals surface area contributed by atoms with Gasteiger partial charge in [-0.25, -0.2) is 15.0 Å². The number of hydrazone groups is 1. The molecule has 0 atom stereocenters. The Labute approximate surface area is 196 Å². The van der Waals surface area contributed by atoms with Gasteiger partial charge in [-0.05, 0) is 46.7 Å². The van der Waals surface area contributed by atoms with E-state index in [1.54, 1.807) is 34.9 Å². The highest BCUT2D eigenvalue weighted by Crippen LogP contribution is 2.26. The molecule has 5 aromatic rings. The van der Waals surface area contributed by atoms with Crippen molar-refractivity contribution in [2.24, 2.45) is 5.10 Å². The van der Waals surface area contributed by atoms with E-state index in [4.69, 9.17) is 10.2 Å². The van der Waals surface area contributed by atoms with Crippen LogP contribution in [0.1, 0.15) is 5.76 Å². The van der Waals surface area contributed by atoms with Gasteiger partial charge in [0.25, 0.3) is 11.6 Å². The van der Waals surface area contributed by atoms with E-state index in [1.807, 2.05) is 18.2 Å². The fourth-order valence-electron chi connectivity index (χ4n) is 3.44. The van der Waals surface area contributed by atoms with Gasteiger partial charge in [0.05, 0.1) is 22.2 Å². The maximum Gasteiger partial charge on any atom is 0.269 e. The van der Waals surface area contributed by atoms with Gasteiger partial charge in [-0.15, -0.1) is 0 Å². The highest BCUT2D eigenvalue weighted by Gasteiger charge is 2.20. The summed E-state index contributed by atoms with van der Waals surface area (Å²) >= 11 is 0. The number of nitrogens with zero attached hydrogens (tertiary/aromatic N) is 6. The molecule has 1 amide bonds. The van der Waals surface area contributed by atoms with E-state index in [2.05, 4.69) is 30.5 Å². The number of nitrogens with two attached hydrogens (primary N) is 1. The Morgan fingerprint density at radius 2 is 1.94 bits per heavy atom. The first-order chi connectivity index (χ1) is 17.0. The number of amides is 1. The van der Waals surface area contributed by atoms with Crippen LogP contribution in [0.3, 0.4) is 0 Å². The highest BCUT2D eigenvalue weighted by molar-refractivity contribution is 5.86. The summed E-state index contributed by atoms with van der Waals surface area (Å²) in [5.41, 5.74) is 10.5. The third-order valence-electron chi connectivity index (χ3n) is 5.05. The van der Waals surface area contributed by atoms with Crippen molar-refractivity contribution < 1.29 is 18.8 Å². The van der Waals surface area contributed by atoms with E-state index in [9.17, 15) is 14.9 Å². The first kappa shape index (κ1) is 21.5. The molecule has 0 bridgehead atoms. The van der Waals surface area contributed by atoms with Crippen molar-refractivity contribution in [3.8, 4) is 22.8 Å². The summed E-state index contributed by atoms with van der Waals surface area (Å²) in [6.07, 6.45) is 1.35. The van der Waals surface area contributed by atoms with Crippen LogP contribution in [0.25, 0.3) is 33.9 Å². The van der Waals surface area contributed by atoms with Crippen LogP contribution >= 0.6 is 0 Å². The van der Waals surface area contributed by atoms with Gasteiger partial charge in [-0.2, -0.15) is 5.10 Å². The Kier molecular flexibility index (Phi) is 5.47. The fourth-order valence-corrected chi connectivity index (χ4v) is 3.44. The number of carbonyl (C=O) groups excluding carboxylic acids is 1. The zero-order valence-corrected chi connectivity index (χ0v) is 17.9. The molecular formula is C22H16N8O5. The van der Waals surface area contributed by atoms with Crippen LogP contribution in [0.15, 0.2) is 74.8 Å². The van der Waals surface area contributed by atoms with Crippen molar-refractivity contribution in [1.29, 1.82) is 0 Å². The molecule has 13 heteroatoms. The number of rotatable bonds is 7. The number of benzene rings is 2. The van der Waals surface area contributed by atoms with E-state index in [0.717, 1.165) is 0 Å². The van der Waals surface area contributed by atoms with Gasteiger partial charge >= 0.3 is 0 Å². The molecule has 35 heavy (non-hydrogen) atoms. The summed E-state index contributed by atoms with van der Waals surface area (Å²) in [5.74, 6) is 0.849. The number of non-ortho nitro benzene ring substituents is 1. The van der Waals surface area contributed by atoms with Gasteiger partial charge in [-0.1, -0.05) is 12.1 Å². The smallest absolute Gasteiger partial charge is 0.269 e. The lowest BCUT2D eigenvalue weighted by Crippen LogP contribution is -2.23. The van der Waals surface area contributed by atoms with Crippen molar-refractivity contribution in [2.45, 2.75) is 6.54 Å². The fraction of sp³-hybridized carbons (Fsp3) is 0.0455. The maximum atomic E-state index is 12.6. The number of aromatic nitrogens is 4. The van der Waals surface area contributed by atoms with Gasteiger partial charge in [-0.3, -0.25) is 14.9 Å². The lowest BCUT2D eigenvalue weighted by molar-refractivity contribution is -0.384. The number of anilines is 1. The number of furan rings is 1. The number of fused-ring (bicyclic) bond motifs is 1. The monoisotopic (exact) mass is 472 g/mol. The number of nitrogens with one attached hydrogen (secondary N) is 1. The molecule has 3 heterocycles. The highest BCUT2D eigenvalue weighted by atomic mass is 16.6. The molecule has 0 saturated heterocycles. The van der Waals surface area contributed by atoms with Crippen LogP contribution in [0.5, 0.6) is 0 Å². The lowest BCUT2D eigenvalue weighted by Gasteiger charge is -2.06. The van der Waals surface area contributed by atoms with Gasteiger partial charge < -0.3 is 14.7 Å². The number of carbonyl (C=O) groups is 1. The summed E-state index contributed by atoms with van der Waals surface area (Å²) in [6.45, 7) is -0.119. The molecule has 0 unspecified atom stereocenters. The van der Waals surface area contributed by atoms with E-state index in [1.165, 1.54) is 18.3 Å². The molecule has 2 aromatic carbocycles. The number of nitro benzene ring substituents is 1. The van der Waals surface area contributed by atoms with Crippen LogP contribution in [0.2, 0.25) is 0 Å². The summed E-state index contributed by atoms with van der Waals surface area (Å²) in [6, 6.07) is 16.6. The molecule has 5 rings (SSSR count). The van der Waals surface area contributed by atoms with Gasteiger partial charge in [0, 0.05) is 17.7 Å². The zero-order valence-electron chi connectivity index (χ0n) is 17.9.